The number of furan rings is 1. The summed E-state index contributed by atoms with van der Waals surface area (Å²) in [6, 6.07) is 22.2. The molecule has 0 aliphatic carbocycles. The van der Waals surface area contributed by atoms with Crippen molar-refractivity contribution in [3.63, 3.8) is 0 Å². The van der Waals surface area contributed by atoms with E-state index in [0.29, 0.717) is 13.2 Å². The van der Waals surface area contributed by atoms with E-state index in [9.17, 15) is 0 Å². The van der Waals surface area contributed by atoms with E-state index in [1.54, 1.807) is 6.26 Å². The second-order valence-electron chi connectivity index (χ2n) is 5.06. The highest BCUT2D eigenvalue weighted by Gasteiger charge is 2.04. The van der Waals surface area contributed by atoms with Gasteiger partial charge in [-0.15, -0.1) is 12.4 Å². The summed E-state index contributed by atoms with van der Waals surface area (Å²) >= 11 is 0. The Labute approximate surface area is 142 Å². The van der Waals surface area contributed by atoms with Gasteiger partial charge in [0.1, 0.15) is 18.1 Å². The molecule has 4 heteroatoms. The fourth-order valence-corrected chi connectivity index (χ4v) is 2.26. The lowest BCUT2D eigenvalue weighted by Crippen LogP contribution is -2.13. The van der Waals surface area contributed by atoms with Gasteiger partial charge in [0.2, 0.25) is 0 Å². The molecule has 23 heavy (non-hydrogen) atoms. The van der Waals surface area contributed by atoms with E-state index in [-0.39, 0.29) is 12.4 Å². The van der Waals surface area contributed by atoms with Gasteiger partial charge in [-0.1, -0.05) is 48.5 Å². The molecular weight excluding hydrogens is 310 g/mol. The maximum absolute atomic E-state index is 5.95. The van der Waals surface area contributed by atoms with Crippen molar-refractivity contribution in [2.75, 3.05) is 0 Å². The van der Waals surface area contributed by atoms with Crippen LogP contribution in [0.1, 0.15) is 16.9 Å². The van der Waals surface area contributed by atoms with Crippen LogP contribution in [0.2, 0.25) is 0 Å². The summed E-state index contributed by atoms with van der Waals surface area (Å²) in [5, 5.41) is 3.37. The van der Waals surface area contributed by atoms with Crippen molar-refractivity contribution < 1.29 is 9.15 Å². The van der Waals surface area contributed by atoms with Crippen molar-refractivity contribution in [2.24, 2.45) is 0 Å². The Bertz CT molecular complexity index is 684. The number of para-hydroxylation sites is 1. The zero-order valence-corrected chi connectivity index (χ0v) is 13.6. The summed E-state index contributed by atoms with van der Waals surface area (Å²) in [7, 11) is 0. The van der Waals surface area contributed by atoms with Gasteiger partial charge < -0.3 is 14.5 Å². The fourth-order valence-electron chi connectivity index (χ4n) is 2.26. The van der Waals surface area contributed by atoms with Gasteiger partial charge in [0.25, 0.3) is 0 Å². The predicted molar refractivity (Wildman–Crippen MR) is 93.7 cm³/mol. The lowest BCUT2D eigenvalue weighted by atomic mass is 10.2. The van der Waals surface area contributed by atoms with Gasteiger partial charge in [-0.05, 0) is 23.8 Å². The van der Waals surface area contributed by atoms with Gasteiger partial charge in [-0.2, -0.15) is 0 Å². The van der Waals surface area contributed by atoms with Crippen LogP contribution in [0.3, 0.4) is 0 Å². The molecule has 0 bridgehead atoms. The summed E-state index contributed by atoms with van der Waals surface area (Å²) in [6.45, 7) is 2.03. The maximum atomic E-state index is 5.95. The lowest BCUT2D eigenvalue weighted by Gasteiger charge is -2.12. The predicted octanol–water partition coefficient (Wildman–Crippen LogP) is 4.57. The molecule has 0 aliphatic rings. The number of benzene rings is 2. The molecule has 0 spiro atoms. The molecule has 1 aromatic heterocycles. The largest absolute Gasteiger partial charge is 0.489 e. The van der Waals surface area contributed by atoms with E-state index >= 15 is 0 Å². The van der Waals surface area contributed by atoms with Crippen LogP contribution in [0.4, 0.5) is 0 Å². The van der Waals surface area contributed by atoms with Crippen LogP contribution in [0.5, 0.6) is 5.75 Å². The van der Waals surface area contributed by atoms with Gasteiger partial charge in [0.05, 0.1) is 12.8 Å². The molecule has 0 unspecified atom stereocenters. The second kappa shape index (κ2) is 9.03. The first kappa shape index (κ1) is 17.1. The number of rotatable bonds is 7. The first-order valence-electron chi connectivity index (χ1n) is 7.39. The van der Waals surface area contributed by atoms with E-state index in [0.717, 1.165) is 23.6 Å². The Morgan fingerprint density at radius 2 is 1.61 bits per heavy atom. The van der Waals surface area contributed by atoms with Crippen LogP contribution in [0.15, 0.2) is 77.4 Å². The topological polar surface area (TPSA) is 34.4 Å². The van der Waals surface area contributed by atoms with Crippen molar-refractivity contribution in [1.82, 2.24) is 5.32 Å². The van der Waals surface area contributed by atoms with Gasteiger partial charge in [0.15, 0.2) is 0 Å². The molecule has 3 aromatic rings. The third kappa shape index (κ3) is 5.16. The molecule has 0 aliphatic heterocycles. The highest BCUT2D eigenvalue weighted by molar-refractivity contribution is 5.85. The Morgan fingerprint density at radius 1 is 0.826 bits per heavy atom. The normalized spacial score (nSPS) is 10.1. The molecule has 0 saturated heterocycles. The number of halogens is 1. The molecule has 0 saturated carbocycles. The summed E-state index contributed by atoms with van der Waals surface area (Å²) in [5.74, 6) is 1.85. The lowest BCUT2D eigenvalue weighted by molar-refractivity contribution is 0.302. The summed E-state index contributed by atoms with van der Waals surface area (Å²) in [5.41, 5.74) is 2.31. The van der Waals surface area contributed by atoms with E-state index in [1.165, 1.54) is 5.56 Å². The average Bonchev–Trinajstić information content (AvgIpc) is 3.08. The van der Waals surface area contributed by atoms with Crippen molar-refractivity contribution in [3.05, 3.63) is 89.9 Å². The van der Waals surface area contributed by atoms with E-state index in [2.05, 4.69) is 23.5 Å². The Morgan fingerprint density at radius 3 is 2.39 bits per heavy atom. The van der Waals surface area contributed by atoms with Crippen LogP contribution in [-0.4, -0.2) is 0 Å². The zero-order chi connectivity index (χ0) is 15.0. The summed E-state index contributed by atoms with van der Waals surface area (Å²) in [4.78, 5) is 0. The van der Waals surface area contributed by atoms with Gasteiger partial charge in [-0.3, -0.25) is 0 Å². The van der Waals surface area contributed by atoms with Crippen LogP contribution in [0.25, 0.3) is 0 Å². The van der Waals surface area contributed by atoms with Crippen LogP contribution >= 0.6 is 12.4 Å². The molecule has 0 radical (unpaired) electrons. The molecule has 120 valence electrons. The monoisotopic (exact) mass is 329 g/mol. The molecule has 1 heterocycles. The molecule has 3 nitrogen and oxygen atoms in total. The summed E-state index contributed by atoms with van der Waals surface area (Å²) < 4.78 is 11.3. The Kier molecular flexibility index (Phi) is 6.73. The van der Waals surface area contributed by atoms with Gasteiger partial charge in [-0.25, -0.2) is 0 Å². The standard InChI is InChI=1S/C19H19NO2.ClH/c1-2-7-16(8-3-1)15-22-19-11-5-4-9-17(19)13-20-14-18-10-6-12-21-18;/h1-12,20H,13-15H2;1H. The molecular formula is C19H20ClNO2. The SMILES string of the molecule is Cl.c1ccc(COc2ccccc2CNCc2ccco2)cc1. The number of hydrogen-bond acceptors (Lipinski definition) is 3. The van der Waals surface area contributed by atoms with Gasteiger partial charge in [0, 0.05) is 12.1 Å². The Hall–Kier alpha value is -2.23. The molecule has 3 rings (SSSR count). The molecule has 0 amide bonds. The second-order valence-corrected chi connectivity index (χ2v) is 5.06. The molecule has 0 atom stereocenters. The van der Waals surface area contributed by atoms with E-state index < -0.39 is 0 Å². The quantitative estimate of drug-likeness (QED) is 0.689. The third-order valence-corrected chi connectivity index (χ3v) is 3.40. The van der Waals surface area contributed by atoms with Crippen molar-refractivity contribution in [2.45, 2.75) is 19.7 Å². The zero-order valence-electron chi connectivity index (χ0n) is 12.8. The maximum Gasteiger partial charge on any atom is 0.124 e. The molecule has 1 N–H and O–H groups in total. The molecule has 0 fully saturated rings. The number of ether oxygens (including phenoxy) is 1. The third-order valence-electron chi connectivity index (χ3n) is 3.40. The van der Waals surface area contributed by atoms with Crippen molar-refractivity contribution in [3.8, 4) is 5.75 Å². The van der Waals surface area contributed by atoms with Crippen molar-refractivity contribution >= 4 is 12.4 Å². The van der Waals surface area contributed by atoms with Crippen molar-refractivity contribution in [1.29, 1.82) is 0 Å². The van der Waals surface area contributed by atoms with Crippen LogP contribution in [-0.2, 0) is 19.7 Å². The number of hydrogen-bond donors (Lipinski definition) is 1. The van der Waals surface area contributed by atoms with E-state index in [1.807, 2.05) is 48.5 Å². The minimum atomic E-state index is 0. The number of nitrogens with one attached hydrogen (secondary N) is 1. The molecule has 2 aromatic carbocycles. The fraction of sp³-hybridized carbons (Fsp3) is 0.158. The highest BCUT2D eigenvalue weighted by Crippen LogP contribution is 2.19. The minimum Gasteiger partial charge on any atom is -0.489 e. The first-order chi connectivity index (χ1) is 10.9. The average molecular weight is 330 g/mol. The van der Waals surface area contributed by atoms with Crippen LogP contribution in [0, 0.1) is 0 Å². The Balaban J connectivity index is 0.00000192. The van der Waals surface area contributed by atoms with Gasteiger partial charge >= 0.3 is 0 Å². The van der Waals surface area contributed by atoms with E-state index in [4.69, 9.17) is 9.15 Å². The summed E-state index contributed by atoms with van der Waals surface area (Å²) in [6.07, 6.45) is 1.69. The first-order valence-corrected chi connectivity index (χ1v) is 7.39. The highest BCUT2D eigenvalue weighted by atomic mass is 35.5. The minimum absolute atomic E-state index is 0. The smallest absolute Gasteiger partial charge is 0.124 e. The van der Waals surface area contributed by atoms with Crippen LogP contribution < -0.4 is 10.1 Å².